The van der Waals surface area contributed by atoms with Crippen LogP contribution in [0.3, 0.4) is 0 Å². The maximum Gasteiger partial charge on any atom is 0.325 e. The van der Waals surface area contributed by atoms with Gasteiger partial charge in [-0.15, -0.1) is 0 Å². The van der Waals surface area contributed by atoms with E-state index in [2.05, 4.69) is 20.6 Å². The molecule has 1 amide bonds. The Morgan fingerprint density at radius 1 is 0.966 bits per heavy atom. The zero-order valence-corrected chi connectivity index (χ0v) is 15.3. The molecular weight excluding hydrogens is 405 g/mol. The highest BCUT2D eigenvalue weighted by atomic mass is 32.2. The molecule has 0 atom stereocenters. The van der Waals surface area contributed by atoms with Crippen LogP contribution in [0.2, 0.25) is 0 Å². The first-order chi connectivity index (χ1) is 13.8. The van der Waals surface area contributed by atoms with Crippen molar-refractivity contribution >= 4 is 27.3 Å². The predicted molar refractivity (Wildman–Crippen MR) is 102 cm³/mol. The van der Waals surface area contributed by atoms with Gasteiger partial charge in [0.15, 0.2) is 4.90 Å². The Kier molecular flexibility index (Phi) is 5.45. The Balaban J connectivity index is 1.85. The van der Waals surface area contributed by atoms with Crippen molar-refractivity contribution in [3.05, 3.63) is 86.9 Å². The van der Waals surface area contributed by atoms with Crippen LogP contribution in [-0.4, -0.2) is 24.3 Å². The second kappa shape index (κ2) is 7.98. The number of carbonyl (C=O) groups is 1. The molecule has 2 aromatic carbocycles. The van der Waals surface area contributed by atoms with E-state index in [1.807, 2.05) is 0 Å². The molecule has 0 bridgehead atoms. The molecule has 0 saturated carbocycles. The van der Waals surface area contributed by atoms with Gasteiger partial charge in [0.1, 0.15) is 5.82 Å². The zero-order valence-electron chi connectivity index (χ0n) is 14.5. The van der Waals surface area contributed by atoms with E-state index in [9.17, 15) is 27.2 Å². The number of hydrogen-bond acceptors (Lipinski definition) is 6. The lowest BCUT2D eigenvalue weighted by molar-refractivity contribution is 0.0963. The van der Waals surface area contributed by atoms with E-state index in [0.717, 1.165) is 6.20 Å². The summed E-state index contributed by atoms with van der Waals surface area (Å²) in [4.78, 5) is 38.4. The van der Waals surface area contributed by atoms with Crippen molar-refractivity contribution in [3.8, 4) is 0 Å². The normalized spacial score (nSPS) is 10.9. The average molecular weight is 419 g/mol. The largest absolute Gasteiger partial charge is 0.325 e. The van der Waals surface area contributed by atoms with E-state index in [1.165, 1.54) is 42.5 Å². The molecule has 1 aromatic heterocycles. The van der Waals surface area contributed by atoms with Crippen molar-refractivity contribution in [2.45, 2.75) is 4.90 Å². The third kappa shape index (κ3) is 4.50. The number of rotatable bonds is 6. The van der Waals surface area contributed by atoms with Crippen LogP contribution in [0.15, 0.2) is 69.2 Å². The summed E-state index contributed by atoms with van der Waals surface area (Å²) in [5.74, 6) is -1.36. The number of para-hydroxylation sites is 2. The molecule has 10 nitrogen and oxygen atoms in total. The van der Waals surface area contributed by atoms with Gasteiger partial charge in [0.2, 0.25) is 0 Å². The Hall–Kier alpha value is -3.93. The number of hydrogen-bond donors (Lipinski definition) is 5. The lowest BCUT2D eigenvalue weighted by atomic mass is 10.2. The molecule has 0 saturated heterocycles. The van der Waals surface area contributed by atoms with Crippen LogP contribution in [0, 0.1) is 5.82 Å². The molecule has 0 aliphatic heterocycles. The lowest BCUT2D eigenvalue weighted by Gasteiger charge is -2.13. The monoisotopic (exact) mass is 419 g/mol. The summed E-state index contributed by atoms with van der Waals surface area (Å²) in [7, 11) is -4.41. The number of halogens is 1. The highest BCUT2D eigenvalue weighted by molar-refractivity contribution is 7.92. The van der Waals surface area contributed by atoms with Gasteiger partial charge < -0.3 is 4.98 Å². The molecule has 29 heavy (non-hydrogen) atoms. The molecular formula is C17H14FN5O5S. The molecule has 5 N–H and O–H groups in total. The smallest absolute Gasteiger partial charge is 0.313 e. The van der Waals surface area contributed by atoms with Crippen LogP contribution in [0.4, 0.5) is 15.8 Å². The van der Waals surface area contributed by atoms with Gasteiger partial charge in [-0.25, -0.2) is 17.6 Å². The minimum atomic E-state index is -4.41. The molecule has 0 unspecified atom stereocenters. The van der Waals surface area contributed by atoms with Crippen molar-refractivity contribution in [1.82, 2.24) is 15.4 Å². The van der Waals surface area contributed by atoms with E-state index >= 15 is 0 Å². The highest BCUT2D eigenvalue weighted by Gasteiger charge is 2.22. The van der Waals surface area contributed by atoms with Crippen molar-refractivity contribution < 1.29 is 17.6 Å². The molecule has 0 aliphatic rings. The minimum Gasteiger partial charge on any atom is -0.313 e. The van der Waals surface area contributed by atoms with Crippen molar-refractivity contribution in [1.29, 1.82) is 0 Å². The summed E-state index contributed by atoms with van der Waals surface area (Å²) in [6, 6.07) is 11.2. The third-order valence-electron chi connectivity index (χ3n) is 3.68. The van der Waals surface area contributed by atoms with Gasteiger partial charge in [0.25, 0.3) is 21.5 Å². The molecule has 0 fully saturated rings. The molecule has 3 aromatic rings. The van der Waals surface area contributed by atoms with E-state index in [4.69, 9.17) is 0 Å². The Morgan fingerprint density at radius 3 is 2.31 bits per heavy atom. The summed E-state index contributed by atoms with van der Waals surface area (Å²) in [5, 5.41) is 0. The van der Waals surface area contributed by atoms with E-state index in [0.29, 0.717) is 0 Å². The summed E-state index contributed by atoms with van der Waals surface area (Å²) in [6.45, 7) is 0. The molecule has 0 spiro atoms. The van der Waals surface area contributed by atoms with Crippen LogP contribution in [-0.2, 0) is 10.0 Å². The molecule has 1 heterocycles. The van der Waals surface area contributed by atoms with Crippen LogP contribution < -0.4 is 26.8 Å². The van der Waals surface area contributed by atoms with Gasteiger partial charge in [0.05, 0.1) is 16.9 Å². The zero-order chi connectivity index (χ0) is 21.0. The van der Waals surface area contributed by atoms with E-state index in [1.54, 1.807) is 11.1 Å². The number of amides is 1. The first kappa shape index (κ1) is 19.8. The van der Waals surface area contributed by atoms with Gasteiger partial charge in [-0.05, 0) is 24.3 Å². The number of benzene rings is 2. The fourth-order valence-corrected chi connectivity index (χ4v) is 3.41. The number of hydrazine groups is 1. The second-order valence-electron chi connectivity index (χ2n) is 5.65. The summed E-state index contributed by atoms with van der Waals surface area (Å²) >= 11 is 0. The first-order valence-corrected chi connectivity index (χ1v) is 9.51. The maximum absolute atomic E-state index is 13.6. The summed E-state index contributed by atoms with van der Waals surface area (Å²) in [5.41, 5.74) is 2.46. The first-order valence-electron chi connectivity index (χ1n) is 8.02. The fraction of sp³-hybridized carbons (Fsp3) is 0. The highest BCUT2D eigenvalue weighted by Crippen LogP contribution is 2.19. The van der Waals surface area contributed by atoms with Crippen LogP contribution >= 0.6 is 0 Å². The minimum absolute atomic E-state index is 0.0127. The van der Waals surface area contributed by atoms with Crippen molar-refractivity contribution in [2.24, 2.45) is 0 Å². The number of aromatic amines is 2. The average Bonchev–Trinajstić information content (AvgIpc) is 2.67. The number of H-pyrrole nitrogens is 2. The Morgan fingerprint density at radius 2 is 1.62 bits per heavy atom. The van der Waals surface area contributed by atoms with E-state index < -0.39 is 37.9 Å². The van der Waals surface area contributed by atoms with Gasteiger partial charge in [-0.3, -0.25) is 30.1 Å². The third-order valence-corrected chi connectivity index (χ3v) is 5.05. The molecule has 0 aliphatic carbocycles. The fourth-order valence-electron chi connectivity index (χ4n) is 2.32. The van der Waals surface area contributed by atoms with Gasteiger partial charge in [-0.2, -0.15) is 0 Å². The Bertz CT molecular complexity index is 1290. The number of aromatic nitrogens is 2. The molecule has 12 heteroatoms. The van der Waals surface area contributed by atoms with Crippen molar-refractivity contribution in [3.63, 3.8) is 0 Å². The SMILES string of the molecule is O=C(NNc1ccccc1F)c1ccccc1NS(=O)(=O)c1c[nH]c(=O)[nH]c1=O. The lowest BCUT2D eigenvalue weighted by Crippen LogP contribution is -2.32. The standard InChI is InChI=1S/C17H14FN5O5S/c18-11-6-2-4-8-13(11)21-22-15(24)10-5-1-3-7-12(10)23-29(27,28)14-9-19-17(26)20-16(14)25/h1-9,21,23H,(H,22,24)(H2,19,20,25,26). The van der Waals surface area contributed by atoms with Crippen molar-refractivity contribution in [2.75, 3.05) is 10.1 Å². The Labute approximate surface area is 162 Å². The maximum atomic E-state index is 13.6. The van der Waals surface area contributed by atoms with Crippen LogP contribution in [0.1, 0.15) is 10.4 Å². The number of sulfonamides is 1. The van der Waals surface area contributed by atoms with Gasteiger partial charge in [-0.1, -0.05) is 24.3 Å². The number of anilines is 2. The quantitative estimate of drug-likeness (QED) is 0.372. The molecule has 150 valence electrons. The van der Waals surface area contributed by atoms with Crippen LogP contribution in [0.25, 0.3) is 0 Å². The van der Waals surface area contributed by atoms with Gasteiger partial charge >= 0.3 is 5.69 Å². The van der Waals surface area contributed by atoms with Crippen LogP contribution in [0.5, 0.6) is 0 Å². The van der Waals surface area contributed by atoms with E-state index in [-0.39, 0.29) is 16.9 Å². The molecule has 3 rings (SSSR count). The summed E-state index contributed by atoms with van der Waals surface area (Å²) in [6.07, 6.45) is 0.742. The molecule has 0 radical (unpaired) electrons. The number of nitrogens with one attached hydrogen (secondary N) is 5. The predicted octanol–water partition coefficient (Wildman–Crippen LogP) is 0.760. The summed E-state index contributed by atoms with van der Waals surface area (Å²) < 4.78 is 40.7. The van der Waals surface area contributed by atoms with Gasteiger partial charge in [0, 0.05) is 6.20 Å². The topological polar surface area (TPSA) is 153 Å². The second-order valence-corrected chi connectivity index (χ2v) is 7.30. The number of carbonyl (C=O) groups excluding carboxylic acids is 1.